The van der Waals surface area contributed by atoms with Crippen LogP contribution in [0.3, 0.4) is 0 Å². The quantitative estimate of drug-likeness (QED) is 0.645. The van der Waals surface area contributed by atoms with Gasteiger partial charge < -0.3 is 10.4 Å². The average Bonchev–Trinajstić information content (AvgIpc) is 2.65. The molecule has 28 heavy (non-hydrogen) atoms. The minimum atomic E-state index is -0.316. The minimum absolute atomic E-state index is 0.0544. The van der Waals surface area contributed by atoms with Crippen LogP contribution < -0.4 is 10.6 Å². The SMILES string of the molecule is C[C@@H]1C[C@@H](CCO)CCN1CC(=O)Nc1ccc(C2CCC(=O)NC2=O)cc1. The number of carbonyl (C=O) groups is 3. The Morgan fingerprint density at radius 1 is 1.25 bits per heavy atom. The van der Waals surface area contributed by atoms with E-state index < -0.39 is 0 Å². The molecule has 0 saturated carbocycles. The highest BCUT2D eigenvalue weighted by Gasteiger charge is 2.28. The molecule has 7 nitrogen and oxygen atoms in total. The average molecular weight is 387 g/mol. The lowest BCUT2D eigenvalue weighted by atomic mass is 9.89. The van der Waals surface area contributed by atoms with Crippen LogP contribution in [0, 0.1) is 5.92 Å². The molecule has 3 atom stereocenters. The zero-order chi connectivity index (χ0) is 20.1. The van der Waals surface area contributed by atoms with E-state index in [1.165, 1.54) is 0 Å². The Morgan fingerprint density at radius 3 is 2.64 bits per heavy atom. The van der Waals surface area contributed by atoms with Gasteiger partial charge >= 0.3 is 0 Å². The van der Waals surface area contributed by atoms with Crippen LogP contribution in [-0.2, 0) is 14.4 Å². The monoisotopic (exact) mass is 387 g/mol. The van der Waals surface area contributed by atoms with Gasteiger partial charge in [-0.1, -0.05) is 12.1 Å². The molecule has 2 heterocycles. The van der Waals surface area contributed by atoms with Gasteiger partial charge in [-0.05, 0) is 62.8 Å². The number of aliphatic hydroxyl groups is 1. The number of likely N-dealkylation sites (tertiary alicyclic amines) is 1. The Labute approximate surface area is 165 Å². The fraction of sp³-hybridized carbons (Fsp3) is 0.571. The smallest absolute Gasteiger partial charge is 0.238 e. The zero-order valence-corrected chi connectivity index (χ0v) is 16.3. The number of piperidine rings is 2. The van der Waals surface area contributed by atoms with Crippen molar-refractivity contribution in [2.45, 2.75) is 51.0 Å². The van der Waals surface area contributed by atoms with Crippen LogP contribution in [0.25, 0.3) is 0 Å². The highest BCUT2D eigenvalue weighted by molar-refractivity contribution is 6.01. The predicted molar refractivity (Wildman–Crippen MR) is 106 cm³/mol. The fourth-order valence-electron chi connectivity index (χ4n) is 4.19. The molecule has 2 saturated heterocycles. The van der Waals surface area contributed by atoms with Gasteiger partial charge in [-0.3, -0.25) is 24.6 Å². The molecular weight excluding hydrogens is 358 g/mol. The number of nitrogens with zero attached hydrogens (tertiary/aromatic N) is 1. The highest BCUT2D eigenvalue weighted by atomic mass is 16.3. The maximum atomic E-state index is 12.4. The van der Waals surface area contributed by atoms with Gasteiger partial charge in [-0.15, -0.1) is 0 Å². The Hall–Kier alpha value is -2.25. The van der Waals surface area contributed by atoms with Gasteiger partial charge in [0, 0.05) is 24.8 Å². The predicted octanol–water partition coefficient (Wildman–Crippen LogP) is 1.63. The second kappa shape index (κ2) is 9.30. The normalized spacial score (nSPS) is 26.0. The van der Waals surface area contributed by atoms with Gasteiger partial charge in [0.1, 0.15) is 0 Å². The summed E-state index contributed by atoms with van der Waals surface area (Å²) in [6.07, 6.45) is 3.72. The summed E-state index contributed by atoms with van der Waals surface area (Å²) in [5.74, 6) is -0.310. The Balaban J connectivity index is 1.51. The number of benzene rings is 1. The maximum absolute atomic E-state index is 12.4. The number of carbonyl (C=O) groups excluding carboxylic acids is 3. The largest absolute Gasteiger partial charge is 0.396 e. The van der Waals surface area contributed by atoms with E-state index in [1.54, 1.807) is 12.1 Å². The van der Waals surface area contributed by atoms with Crippen LogP contribution in [0.5, 0.6) is 0 Å². The first kappa shape index (κ1) is 20.5. The van der Waals surface area contributed by atoms with Crippen LogP contribution in [0.2, 0.25) is 0 Å². The van der Waals surface area contributed by atoms with E-state index in [-0.39, 0.29) is 30.2 Å². The molecule has 0 bridgehead atoms. The molecule has 3 rings (SSSR count). The number of aliphatic hydroxyl groups excluding tert-OH is 1. The van der Waals surface area contributed by atoms with Crippen LogP contribution in [-0.4, -0.2) is 53.5 Å². The standard InChI is InChI=1S/C21H29N3O4/c1-14-12-15(9-11-25)8-10-24(14)13-20(27)22-17-4-2-16(3-5-17)18-6-7-19(26)23-21(18)28/h2-5,14-15,18,25H,6-13H2,1H3,(H,22,27)(H,23,26,28)/t14-,15-,18?/m1/s1. The lowest BCUT2D eigenvalue weighted by Gasteiger charge is -2.37. The summed E-state index contributed by atoms with van der Waals surface area (Å²) in [4.78, 5) is 37.8. The van der Waals surface area contributed by atoms with Gasteiger partial charge in [0.05, 0.1) is 12.5 Å². The zero-order valence-electron chi connectivity index (χ0n) is 16.3. The first-order valence-electron chi connectivity index (χ1n) is 10.0. The Morgan fingerprint density at radius 2 is 2.00 bits per heavy atom. The van der Waals surface area contributed by atoms with Crippen molar-refractivity contribution in [1.29, 1.82) is 0 Å². The Bertz CT molecular complexity index is 719. The second-order valence-electron chi connectivity index (χ2n) is 7.90. The van der Waals surface area contributed by atoms with E-state index in [0.717, 1.165) is 31.4 Å². The number of nitrogens with one attached hydrogen (secondary N) is 2. The van der Waals surface area contributed by atoms with E-state index in [4.69, 9.17) is 5.11 Å². The first-order chi connectivity index (χ1) is 13.5. The molecule has 0 aromatic heterocycles. The lowest BCUT2D eigenvalue weighted by Crippen LogP contribution is -2.44. The molecule has 0 aliphatic carbocycles. The molecule has 1 unspecified atom stereocenters. The van der Waals surface area contributed by atoms with Crippen LogP contribution in [0.4, 0.5) is 5.69 Å². The lowest BCUT2D eigenvalue weighted by molar-refractivity contribution is -0.134. The van der Waals surface area contributed by atoms with Crippen LogP contribution in [0.1, 0.15) is 50.5 Å². The minimum Gasteiger partial charge on any atom is -0.396 e. The van der Waals surface area contributed by atoms with Crippen molar-refractivity contribution >= 4 is 23.4 Å². The summed E-state index contributed by atoms with van der Waals surface area (Å²) in [5.41, 5.74) is 1.55. The molecule has 1 aromatic rings. The van der Waals surface area contributed by atoms with E-state index in [2.05, 4.69) is 22.5 Å². The van der Waals surface area contributed by atoms with Crippen molar-refractivity contribution in [3.63, 3.8) is 0 Å². The summed E-state index contributed by atoms with van der Waals surface area (Å²) < 4.78 is 0. The maximum Gasteiger partial charge on any atom is 0.238 e. The molecule has 152 valence electrons. The number of anilines is 1. The second-order valence-corrected chi connectivity index (χ2v) is 7.90. The summed E-state index contributed by atoms with van der Waals surface area (Å²) in [7, 11) is 0. The van der Waals surface area contributed by atoms with Gasteiger partial charge in [0.15, 0.2) is 0 Å². The number of hydrogen-bond acceptors (Lipinski definition) is 5. The summed E-state index contributed by atoms with van der Waals surface area (Å²) in [6.45, 7) is 3.58. The van der Waals surface area contributed by atoms with Crippen molar-refractivity contribution in [2.24, 2.45) is 5.92 Å². The molecule has 1 aromatic carbocycles. The summed E-state index contributed by atoms with van der Waals surface area (Å²) in [6, 6.07) is 7.59. The molecule has 0 radical (unpaired) electrons. The number of hydrogen-bond donors (Lipinski definition) is 3. The molecule has 3 amide bonds. The van der Waals surface area contributed by atoms with Gasteiger partial charge in [0.25, 0.3) is 0 Å². The van der Waals surface area contributed by atoms with Gasteiger partial charge in [0.2, 0.25) is 17.7 Å². The van der Waals surface area contributed by atoms with Crippen LogP contribution >= 0.6 is 0 Å². The molecule has 2 fully saturated rings. The number of rotatable bonds is 6. The van der Waals surface area contributed by atoms with E-state index >= 15 is 0 Å². The Kier molecular flexibility index (Phi) is 6.80. The van der Waals surface area contributed by atoms with Gasteiger partial charge in [-0.2, -0.15) is 0 Å². The fourth-order valence-corrected chi connectivity index (χ4v) is 4.19. The summed E-state index contributed by atoms with van der Waals surface area (Å²) in [5, 5.41) is 14.4. The van der Waals surface area contributed by atoms with Crippen molar-refractivity contribution in [2.75, 3.05) is 25.0 Å². The molecule has 2 aliphatic rings. The van der Waals surface area contributed by atoms with Crippen molar-refractivity contribution < 1.29 is 19.5 Å². The van der Waals surface area contributed by atoms with Crippen molar-refractivity contribution in [1.82, 2.24) is 10.2 Å². The molecule has 2 aliphatic heterocycles. The van der Waals surface area contributed by atoms with E-state index in [9.17, 15) is 14.4 Å². The number of amides is 3. The molecular formula is C21H29N3O4. The summed E-state index contributed by atoms with van der Waals surface area (Å²) >= 11 is 0. The number of imide groups is 1. The third-order valence-corrected chi connectivity index (χ3v) is 5.84. The highest BCUT2D eigenvalue weighted by Crippen LogP contribution is 2.27. The molecule has 3 N–H and O–H groups in total. The topological polar surface area (TPSA) is 98.7 Å². The van der Waals surface area contributed by atoms with E-state index in [1.807, 2.05) is 12.1 Å². The van der Waals surface area contributed by atoms with Crippen LogP contribution in [0.15, 0.2) is 24.3 Å². The third kappa shape index (κ3) is 5.17. The third-order valence-electron chi connectivity index (χ3n) is 5.84. The van der Waals surface area contributed by atoms with E-state index in [0.29, 0.717) is 37.0 Å². The molecule has 0 spiro atoms. The van der Waals surface area contributed by atoms with Gasteiger partial charge in [-0.25, -0.2) is 0 Å². The molecule has 7 heteroatoms. The van der Waals surface area contributed by atoms with Crippen molar-refractivity contribution in [3.8, 4) is 0 Å². The first-order valence-corrected chi connectivity index (χ1v) is 10.0. The van der Waals surface area contributed by atoms with Crippen molar-refractivity contribution in [3.05, 3.63) is 29.8 Å².